The third kappa shape index (κ3) is 4.06. The minimum atomic E-state index is -0.960. The average molecular weight is 516 g/mol. The predicted octanol–water partition coefficient (Wildman–Crippen LogP) is 5.78. The molecule has 4 atom stereocenters. The Bertz CT molecular complexity index is 1130. The summed E-state index contributed by atoms with van der Waals surface area (Å²) in [6, 6.07) is 14.7. The maximum Gasteiger partial charge on any atom is 0.312 e. The topological polar surface area (TPSA) is 66.8 Å². The monoisotopic (exact) mass is 515 g/mol. The first-order valence-corrected chi connectivity index (χ1v) is 13.0. The number of carbonyl (C=O) groups excluding carboxylic acids is 2. The molecule has 2 saturated carbocycles. The van der Waals surface area contributed by atoms with E-state index in [4.69, 9.17) is 27.9 Å². The minimum absolute atomic E-state index is 0.0791. The fourth-order valence-electron chi connectivity index (χ4n) is 6.34. The summed E-state index contributed by atoms with van der Waals surface area (Å²) in [5, 5.41) is 11.8. The number of hydrogen-bond acceptors (Lipinski definition) is 4. The van der Waals surface area contributed by atoms with Crippen molar-refractivity contribution in [2.75, 3.05) is 13.7 Å². The highest BCUT2D eigenvalue weighted by Gasteiger charge is 2.70. The van der Waals surface area contributed by atoms with Crippen molar-refractivity contribution >= 4 is 35.1 Å². The minimum Gasteiger partial charge on any atom is -0.469 e. The van der Waals surface area contributed by atoms with Gasteiger partial charge in [0.15, 0.2) is 0 Å². The van der Waals surface area contributed by atoms with Crippen LogP contribution in [0.15, 0.2) is 48.5 Å². The van der Waals surface area contributed by atoms with Crippen molar-refractivity contribution in [2.24, 2.45) is 16.7 Å². The molecule has 7 heteroatoms. The van der Waals surface area contributed by atoms with Crippen LogP contribution in [0.4, 0.5) is 0 Å². The van der Waals surface area contributed by atoms with Crippen LogP contribution in [0.3, 0.4) is 0 Å². The van der Waals surface area contributed by atoms with Gasteiger partial charge in [0, 0.05) is 16.0 Å². The van der Waals surface area contributed by atoms with Crippen LogP contribution in [0.5, 0.6) is 0 Å². The molecule has 1 saturated heterocycles. The van der Waals surface area contributed by atoms with Crippen LogP contribution < -0.4 is 0 Å². The third-order valence-corrected chi connectivity index (χ3v) is 9.08. The smallest absolute Gasteiger partial charge is 0.312 e. The Balaban J connectivity index is 1.71. The lowest BCUT2D eigenvalue weighted by Crippen LogP contribution is -2.60. The molecule has 0 aromatic heterocycles. The number of carbonyl (C=O) groups is 2. The number of esters is 1. The number of benzene rings is 2. The Kier molecular flexibility index (Phi) is 6.40. The molecule has 2 aromatic carbocycles. The molecule has 0 unspecified atom stereocenters. The van der Waals surface area contributed by atoms with E-state index in [9.17, 15) is 14.7 Å². The Labute approximate surface area is 216 Å². The highest BCUT2D eigenvalue weighted by atomic mass is 35.5. The van der Waals surface area contributed by atoms with Crippen molar-refractivity contribution in [3.63, 3.8) is 0 Å². The van der Waals surface area contributed by atoms with Gasteiger partial charge in [-0.15, -0.1) is 0 Å². The summed E-state index contributed by atoms with van der Waals surface area (Å²) in [5.41, 5.74) is 0.159. The van der Waals surface area contributed by atoms with Gasteiger partial charge < -0.3 is 14.7 Å². The zero-order valence-corrected chi connectivity index (χ0v) is 21.6. The van der Waals surface area contributed by atoms with E-state index in [1.807, 2.05) is 60.4 Å². The van der Waals surface area contributed by atoms with Gasteiger partial charge in [-0.1, -0.05) is 47.5 Å². The summed E-state index contributed by atoms with van der Waals surface area (Å²) in [6.07, 6.45) is 3.67. The number of amides is 1. The van der Waals surface area contributed by atoms with Gasteiger partial charge in [0.2, 0.25) is 5.91 Å². The lowest BCUT2D eigenvalue weighted by molar-refractivity contribution is -0.173. The van der Waals surface area contributed by atoms with E-state index in [1.165, 1.54) is 7.11 Å². The maximum atomic E-state index is 14.5. The van der Waals surface area contributed by atoms with E-state index < -0.39 is 10.8 Å². The van der Waals surface area contributed by atoms with Crippen molar-refractivity contribution in [2.45, 2.75) is 57.0 Å². The first-order chi connectivity index (χ1) is 16.8. The van der Waals surface area contributed by atoms with Crippen molar-refractivity contribution in [3.8, 4) is 0 Å². The van der Waals surface area contributed by atoms with Crippen molar-refractivity contribution in [1.82, 2.24) is 4.90 Å². The van der Waals surface area contributed by atoms with Gasteiger partial charge in [-0.2, -0.15) is 0 Å². The molecular weight excluding hydrogens is 485 g/mol. The summed E-state index contributed by atoms with van der Waals surface area (Å²) >= 11 is 12.6. The number of ether oxygens (including phenoxy) is 1. The zero-order valence-electron chi connectivity index (χ0n) is 20.0. The molecule has 3 aliphatic rings. The predicted molar refractivity (Wildman–Crippen MR) is 135 cm³/mol. The number of halogens is 2. The van der Waals surface area contributed by atoms with E-state index >= 15 is 0 Å². The summed E-state index contributed by atoms with van der Waals surface area (Å²) < 4.78 is 5.22. The molecule has 5 nitrogen and oxygen atoms in total. The molecule has 35 heavy (non-hydrogen) atoms. The Morgan fingerprint density at radius 1 is 1.11 bits per heavy atom. The van der Waals surface area contributed by atoms with Gasteiger partial charge in [-0.25, -0.2) is 0 Å². The lowest BCUT2D eigenvalue weighted by Gasteiger charge is -2.54. The molecule has 2 aliphatic carbocycles. The molecule has 1 N–H and O–H groups in total. The lowest BCUT2D eigenvalue weighted by atomic mass is 9.61. The van der Waals surface area contributed by atoms with Crippen LogP contribution in [0, 0.1) is 16.7 Å². The summed E-state index contributed by atoms with van der Waals surface area (Å²) in [6.45, 7) is 1.80. The van der Waals surface area contributed by atoms with Crippen LogP contribution >= 0.6 is 23.2 Å². The van der Waals surface area contributed by atoms with Gasteiger partial charge in [0.25, 0.3) is 0 Å². The second-order valence-corrected chi connectivity index (χ2v) is 11.4. The van der Waals surface area contributed by atoms with Crippen LogP contribution in [-0.4, -0.2) is 41.6 Å². The highest BCUT2D eigenvalue weighted by Crippen LogP contribution is 2.67. The normalized spacial score (nSPS) is 28.5. The average Bonchev–Trinajstić information content (AvgIpc) is 3.76. The number of nitrogens with zero attached hydrogens (tertiary/aromatic N) is 1. The number of hydrogen-bond donors (Lipinski definition) is 1. The summed E-state index contributed by atoms with van der Waals surface area (Å²) in [7, 11) is 1.39. The number of rotatable bonds is 7. The van der Waals surface area contributed by atoms with Gasteiger partial charge in [0.1, 0.15) is 0 Å². The van der Waals surface area contributed by atoms with Gasteiger partial charge >= 0.3 is 5.97 Å². The molecule has 0 radical (unpaired) electrons. The molecule has 3 fully saturated rings. The van der Waals surface area contributed by atoms with E-state index in [-0.39, 0.29) is 42.4 Å². The molecule has 1 heterocycles. The molecule has 1 amide bonds. The van der Waals surface area contributed by atoms with E-state index in [2.05, 4.69) is 0 Å². The number of piperidine rings is 1. The number of aliphatic hydroxyl groups excluding tert-OH is 1. The molecular formula is C28H31Cl2NO4. The summed E-state index contributed by atoms with van der Waals surface area (Å²) in [4.78, 5) is 29.5. The Morgan fingerprint density at radius 3 is 2.34 bits per heavy atom. The second kappa shape index (κ2) is 9.10. The zero-order chi connectivity index (χ0) is 25.0. The van der Waals surface area contributed by atoms with Crippen molar-refractivity contribution < 1.29 is 19.4 Å². The molecule has 0 bridgehead atoms. The summed E-state index contributed by atoms with van der Waals surface area (Å²) in [5.74, 6) is -0.290. The molecule has 1 aliphatic heterocycles. The van der Waals surface area contributed by atoms with E-state index in [1.54, 1.807) is 0 Å². The molecule has 5 rings (SSSR count). The van der Waals surface area contributed by atoms with Crippen LogP contribution in [0.2, 0.25) is 10.0 Å². The Hall–Kier alpha value is -2.08. The number of methoxy groups -OCH3 is 1. The Morgan fingerprint density at radius 2 is 1.80 bits per heavy atom. The SMILES string of the molecule is COC(=O)C1([C@]2(C)C[C@H](c3cccc(Cl)c3)[C@@H](c3ccc(Cl)cc3)N([C@H](CO)C3CC3)C2=O)CC1. The van der Waals surface area contributed by atoms with Gasteiger partial charge in [-0.05, 0) is 80.3 Å². The van der Waals surface area contributed by atoms with Gasteiger partial charge in [0.05, 0.1) is 36.6 Å². The van der Waals surface area contributed by atoms with E-state index in [0.29, 0.717) is 29.3 Å². The van der Waals surface area contributed by atoms with Crippen LogP contribution in [0.1, 0.15) is 62.1 Å². The first kappa shape index (κ1) is 24.6. The number of aliphatic hydroxyl groups is 1. The van der Waals surface area contributed by atoms with Crippen LogP contribution in [-0.2, 0) is 14.3 Å². The number of likely N-dealkylation sites (tertiary alicyclic amines) is 1. The van der Waals surface area contributed by atoms with Crippen molar-refractivity contribution in [3.05, 3.63) is 69.7 Å². The second-order valence-electron chi connectivity index (χ2n) is 10.6. The van der Waals surface area contributed by atoms with Gasteiger partial charge in [-0.3, -0.25) is 9.59 Å². The fourth-order valence-corrected chi connectivity index (χ4v) is 6.66. The van der Waals surface area contributed by atoms with Crippen molar-refractivity contribution in [1.29, 1.82) is 0 Å². The molecule has 0 spiro atoms. The molecule has 2 aromatic rings. The fraction of sp³-hybridized carbons (Fsp3) is 0.500. The quantitative estimate of drug-likeness (QED) is 0.474. The molecule has 186 valence electrons. The standard InChI is InChI=1S/C28H31Cl2NO4/c1-27(28(12-13-28)26(34)35-2)15-22(19-4-3-5-21(30)14-19)24(18-8-10-20(29)11-9-18)31(25(27)33)23(16-32)17-6-7-17/h3-5,8-11,14,17,22-24,32H,6-7,12-13,15-16H2,1-2H3/t22-,23-,24-,27-/m1/s1. The highest BCUT2D eigenvalue weighted by molar-refractivity contribution is 6.30. The van der Waals surface area contributed by atoms with Crippen LogP contribution in [0.25, 0.3) is 0 Å². The van der Waals surface area contributed by atoms with E-state index in [0.717, 1.165) is 24.0 Å². The first-order valence-electron chi connectivity index (χ1n) is 12.3. The largest absolute Gasteiger partial charge is 0.469 e. The maximum absolute atomic E-state index is 14.5. The third-order valence-electron chi connectivity index (χ3n) is 8.60.